The summed E-state index contributed by atoms with van der Waals surface area (Å²) >= 11 is 0. The molecule has 3 heteroatoms. The van der Waals surface area contributed by atoms with Gasteiger partial charge in [-0.15, -0.1) is 0 Å². The molecule has 3 nitrogen and oxygen atoms in total. The third-order valence-electron chi connectivity index (χ3n) is 2.26. The monoisotopic (exact) mass is 187 g/mol. The van der Waals surface area contributed by atoms with Gasteiger partial charge in [0.05, 0.1) is 0 Å². The topological polar surface area (TPSA) is 29.9 Å². The Morgan fingerprint density at radius 2 is 1.93 bits per heavy atom. The Bertz CT molecular complexity index is 414. The van der Waals surface area contributed by atoms with Gasteiger partial charge in [0.2, 0.25) is 0 Å². The molecule has 1 N–H and O–H groups in total. The van der Waals surface area contributed by atoms with Gasteiger partial charge in [0.25, 0.3) is 0 Å². The second kappa shape index (κ2) is 3.54. The van der Waals surface area contributed by atoms with Crippen LogP contribution in [0, 0.1) is 6.92 Å². The van der Waals surface area contributed by atoms with Crippen LogP contribution in [0.5, 0.6) is 0 Å². The molecule has 0 radical (unpaired) electrons. The first-order valence-electron chi connectivity index (χ1n) is 4.59. The molecule has 0 aliphatic rings. The summed E-state index contributed by atoms with van der Waals surface area (Å²) < 4.78 is 2.06. The van der Waals surface area contributed by atoms with Crippen molar-refractivity contribution in [1.82, 2.24) is 9.55 Å². The van der Waals surface area contributed by atoms with Crippen LogP contribution in [0.15, 0.2) is 36.7 Å². The molecule has 72 valence electrons. The van der Waals surface area contributed by atoms with E-state index in [4.69, 9.17) is 0 Å². The van der Waals surface area contributed by atoms with Crippen LogP contribution in [-0.4, -0.2) is 16.6 Å². The van der Waals surface area contributed by atoms with E-state index in [0.717, 1.165) is 17.2 Å². The summed E-state index contributed by atoms with van der Waals surface area (Å²) in [6.07, 6.45) is 3.77. The van der Waals surface area contributed by atoms with Gasteiger partial charge in [0.1, 0.15) is 5.82 Å². The molecule has 0 saturated carbocycles. The fourth-order valence-corrected chi connectivity index (χ4v) is 1.44. The van der Waals surface area contributed by atoms with E-state index in [9.17, 15) is 0 Å². The minimum atomic E-state index is 1.00. The van der Waals surface area contributed by atoms with Crippen LogP contribution in [0.3, 0.4) is 0 Å². The van der Waals surface area contributed by atoms with E-state index in [1.54, 1.807) is 6.20 Å². The molecule has 0 atom stereocenters. The lowest BCUT2D eigenvalue weighted by Gasteiger charge is -2.05. The molecule has 1 aromatic carbocycles. The molecule has 1 aromatic heterocycles. The first-order chi connectivity index (χ1) is 6.81. The van der Waals surface area contributed by atoms with E-state index >= 15 is 0 Å². The smallest absolute Gasteiger partial charge is 0.110 e. The van der Waals surface area contributed by atoms with E-state index in [1.807, 2.05) is 20.2 Å². The van der Waals surface area contributed by atoms with E-state index in [1.165, 1.54) is 0 Å². The summed E-state index contributed by atoms with van der Waals surface area (Å²) in [5.74, 6) is 1.00. The van der Waals surface area contributed by atoms with E-state index in [2.05, 4.69) is 39.1 Å². The van der Waals surface area contributed by atoms with Crippen molar-refractivity contribution in [2.75, 3.05) is 12.4 Å². The normalized spacial score (nSPS) is 10.1. The van der Waals surface area contributed by atoms with Gasteiger partial charge in [-0.25, -0.2) is 4.98 Å². The van der Waals surface area contributed by atoms with E-state index in [0.29, 0.717) is 0 Å². The molecule has 1 heterocycles. The highest BCUT2D eigenvalue weighted by molar-refractivity contribution is 5.48. The molecule has 2 rings (SSSR count). The molecule has 0 spiro atoms. The number of nitrogens with zero attached hydrogens (tertiary/aromatic N) is 2. The van der Waals surface area contributed by atoms with Crippen LogP contribution >= 0.6 is 0 Å². The zero-order chi connectivity index (χ0) is 9.97. The van der Waals surface area contributed by atoms with Crippen LogP contribution in [0.4, 0.5) is 5.69 Å². The SMILES string of the molecule is CNc1ccc(-n2ccnc2C)cc1. The molecule has 0 aliphatic carbocycles. The van der Waals surface area contributed by atoms with Crippen molar-refractivity contribution in [2.45, 2.75) is 6.92 Å². The summed E-state index contributed by atoms with van der Waals surface area (Å²) in [6.45, 7) is 1.99. The number of hydrogen-bond acceptors (Lipinski definition) is 2. The Hall–Kier alpha value is -1.77. The average molecular weight is 187 g/mol. The maximum atomic E-state index is 4.18. The van der Waals surface area contributed by atoms with Crippen LogP contribution in [-0.2, 0) is 0 Å². The van der Waals surface area contributed by atoms with Crippen molar-refractivity contribution in [3.63, 3.8) is 0 Å². The quantitative estimate of drug-likeness (QED) is 0.781. The summed E-state index contributed by atoms with van der Waals surface area (Å²) in [5.41, 5.74) is 2.26. The fraction of sp³-hybridized carbons (Fsp3) is 0.182. The summed E-state index contributed by atoms with van der Waals surface area (Å²) in [7, 11) is 1.91. The largest absolute Gasteiger partial charge is 0.388 e. The van der Waals surface area contributed by atoms with Crippen molar-refractivity contribution >= 4 is 5.69 Å². The molecule has 0 saturated heterocycles. The molecule has 0 fully saturated rings. The molecule has 14 heavy (non-hydrogen) atoms. The number of aryl methyl sites for hydroxylation is 1. The van der Waals surface area contributed by atoms with Crippen molar-refractivity contribution < 1.29 is 0 Å². The van der Waals surface area contributed by atoms with E-state index in [-0.39, 0.29) is 0 Å². The van der Waals surface area contributed by atoms with Gasteiger partial charge in [0.15, 0.2) is 0 Å². The van der Waals surface area contributed by atoms with Crippen LogP contribution < -0.4 is 5.32 Å². The highest BCUT2D eigenvalue weighted by atomic mass is 15.1. The standard InChI is InChI=1S/C11H13N3/c1-9-13-7-8-14(9)11-5-3-10(12-2)4-6-11/h3-8,12H,1-2H3. The molecule has 2 aromatic rings. The Morgan fingerprint density at radius 3 is 2.43 bits per heavy atom. The molecule has 0 aliphatic heterocycles. The zero-order valence-electron chi connectivity index (χ0n) is 8.36. The first-order valence-corrected chi connectivity index (χ1v) is 4.59. The first kappa shape index (κ1) is 8.81. The minimum Gasteiger partial charge on any atom is -0.388 e. The Kier molecular flexibility index (Phi) is 2.23. The van der Waals surface area contributed by atoms with E-state index < -0.39 is 0 Å². The average Bonchev–Trinajstić information content (AvgIpc) is 2.65. The highest BCUT2D eigenvalue weighted by Crippen LogP contribution is 2.13. The van der Waals surface area contributed by atoms with Crippen LogP contribution in [0.25, 0.3) is 5.69 Å². The number of nitrogens with one attached hydrogen (secondary N) is 1. The third kappa shape index (κ3) is 1.48. The zero-order valence-corrected chi connectivity index (χ0v) is 8.36. The van der Waals surface area contributed by atoms with Gasteiger partial charge in [0, 0.05) is 30.8 Å². The molecule has 0 unspecified atom stereocenters. The summed E-state index contributed by atoms with van der Waals surface area (Å²) in [4.78, 5) is 4.18. The van der Waals surface area contributed by atoms with Gasteiger partial charge in [-0.2, -0.15) is 0 Å². The Labute approximate surface area is 83.4 Å². The van der Waals surface area contributed by atoms with Crippen LogP contribution in [0.1, 0.15) is 5.82 Å². The van der Waals surface area contributed by atoms with Crippen LogP contribution in [0.2, 0.25) is 0 Å². The summed E-state index contributed by atoms with van der Waals surface area (Å²) in [5, 5.41) is 3.09. The molecule has 0 bridgehead atoms. The maximum Gasteiger partial charge on any atom is 0.110 e. The number of aromatic nitrogens is 2. The Morgan fingerprint density at radius 1 is 1.21 bits per heavy atom. The fourth-order valence-electron chi connectivity index (χ4n) is 1.44. The lowest BCUT2D eigenvalue weighted by atomic mass is 10.3. The molecular weight excluding hydrogens is 174 g/mol. The number of rotatable bonds is 2. The third-order valence-corrected chi connectivity index (χ3v) is 2.26. The van der Waals surface area contributed by atoms with Gasteiger partial charge < -0.3 is 9.88 Å². The van der Waals surface area contributed by atoms with Crippen molar-refractivity contribution in [3.05, 3.63) is 42.5 Å². The number of imidazole rings is 1. The van der Waals surface area contributed by atoms with Gasteiger partial charge >= 0.3 is 0 Å². The van der Waals surface area contributed by atoms with Crippen molar-refractivity contribution in [1.29, 1.82) is 0 Å². The number of benzene rings is 1. The lowest BCUT2D eigenvalue weighted by molar-refractivity contribution is 0.975. The van der Waals surface area contributed by atoms with Gasteiger partial charge in [-0.1, -0.05) is 0 Å². The number of anilines is 1. The minimum absolute atomic E-state index is 1.00. The molecular formula is C11H13N3. The van der Waals surface area contributed by atoms with Crippen molar-refractivity contribution in [3.8, 4) is 5.69 Å². The maximum absolute atomic E-state index is 4.18. The second-order valence-corrected chi connectivity index (χ2v) is 3.14. The van der Waals surface area contributed by atoms with Crippen molar-refractivity contribution in [2.24, 2.45) is 0 Å². The Balaban J connectivity index is 2.39. The predicted octanol–water partition coefficient (Wildman–Crippen LogP) is 2.22. The second-order valence-electron chi connectivity index (χ2n) is 3.14. The molecule has 0 amide bonds. The predicted molar refractivity (Wildman–Crippen MR) is 57.8 cm³/mol. The highest BCUT2D eigenvalue weighted by Gasteiger charge is 1.98. The van der Waals surface area contributed by atoms with Gasteiger partial charge in [-0.05, 0) is 31.2 Å². The number of hydrogen-bond donors (Lipinski definition) is 1. The summed E-state index contributed by atoms with van der Waals surface area (Å²) in [6, 6.07) is 8.24. The lowest BCUT2D eigenvalue weighted by Crippen LogP contribution is -1.95. The van der Waals surface area contributed by atoms with Gasteiger partial charge in [-0.3, -0.25) is 0 Å².